The first-order valence-electron chi connectivity index (χ1n) is 5.50. The molecule has 1 atom stereocenters. The van der Waals surface area contributed by atoms with Gasteiger partial charge in [-0.25, -0.2) is 0 Å². The standard InChI is InChI=1S/C12H14BrClN4/c1-18-7-8(6-16-18)12(5-15)17-9-2-3-11(14)10(13)4-9/h2-4,6-7,12,17H,5,15H2,1H3. The molecule has 6 heteroatoms. The molecule has 0 aliphatic rings. The van der Waals surface area contributed by atoms with E-state index in [4.69, 9.17) is 17.3 Å². The predicted octanol–water partition coefficient (Wildman–Crippen LogP) is 2.95. The van der Waals surface area contributed by atoms with Gasteiger partial charge in [0.05, 0.1) is 17.3 Å². The van der Waals surface area contributed by atoms with Gasteiger partial charge in [0.1, 0.15) is 0 Å². The van der Waals surface area contributed by atoms with E-state index < -0.39 is 0 Å². The third-order valence-corrected chi connectivity index (χ3v) is 3.84. The maximum Gasteiger partial charge on any atom is 0.0667 e. The van der Waals surface area contributed by atoms with Gasteiger partial charge in [-0.05, 0) is 34.1 Å². The molecule has 4 nitrogen and oxygen atoms in total. The number of anilines is 1. The number of nitrogens with two attached hydrogens (primary N) is 1. The van der Waals surface area contributed by atoms with E-state index in [1.807, 2.05) is 37.6 Å². The first-order valence-corrected chi connectivity index (χ1v) is 6.67. The number of aromatic nitrogens is 2. The maximum atomic E-state index is 5.96. The van der Waals surface area contributed by atoms with Gasteiger partial charge in [-0.2, -0.15) is 5.10 Å². The molecule has 1 unspecified atom stereocenters. The van der Waals surface area contributed by atoms with Gasteiger partial charge in [-0.3, -0.25) is 4.68 Å². The zero-order valence-corrected chi connectivity index (χ0v) is 12.2. The van der Waals surface area contributed by atoms with Gasteiger partial charge in [-0.1, -0.05) is 11.6 Å². The van der Waals surface area contributed by atoms with Crippen LogP contribution in [0.25, 0.3) is 0 Å². The average molecular weight is 330 g/mol. The Bertz CT molecular complexity index is 541. The summed E-state index contributed by atoms with van der Waals surface area (Å²) in [6.07, 6.45) is 3.77. The highest BCUT2D eigenvalue weighted by atomic mass is 79.9. The van der Waals surface area contributed by atoms with Crippen LogP contribution in [0.5, 0.6) is 0 Å². The van der Waals surface area contributed by atoms with Crippen molar-refractivity contribution in [3.05, 3.63) is 45.7 Å². The molecular formula is C12H14BrClN4. The van der Waals surface area contributed by atoms with E-state index in [2.05, 4.69) is 26.3 Å². The normalized spacial score (nSPS) is 12.4. The highest BCUT2D eigenvalue weighted by Crippen LogP contribution is 2.27. The number of nitrogens with one attached hydrogen (secondary N) is 1. The van der Waals surface area contributed by atoms with E-state index in [0.29, 0.717) is 11.6 Å². The Morgan fingerprint density at radius 1 is 1.56 bits per heavy atom. The molecule has 0 aliphatic heterocycles. The number of hydrogen-bond acceptors (Lipinski definition) is 3. The minimum Gasteiger partial charge on any atom is -0.377 e. The molecule has 96 valence electrons. The number of hydrogen-bond donors (Lipinski definition) is 2. The Hall–Kier alpha value is -1.04. The second-order valence-corrected chi connectivity index (χ2v) is 5.27. The van der Waals surface area contributed by atoms with Gasteiger partial charge >= 0.3 is 0 Å². The summed E-state index contributed by atoms with van der Waals surface area (Å²) in [6, 6.07) is 5.73. The van der Waals surface area contributed by atoms with Crippen LogP contribution in [-0.2, 0) is 7.05 Å². The van der Waals surface area contributed by atoms with E-state index in [1.165, 1.54) is 0 Å². The fourth-order valence-electron chi connectivity index (χ4n) is 1.69. The second-order valence-electron chi connectivity index (χ2n) is 4.01. The van der Waals surface area contributed by atoms with Crippen molar-refractivity contribution in [1.82, 2.24) is 9.78 Å². The van der Waals surface area contributed by atoms with Crippen molar-refractivity contribution < 1.29 is 0 Å². The number of rotatable bonds is 4. The molecule has 0 saturated carbocycles. The smallest absolute Gasteiger partial charge is 0.0667 e. The molecule has 3 N–H and O–H groups in total. The van der Waals surface area contributed by atoms with Crippen LogP contribution in [0.15, 0.2) is 35.1 Å². The van der Waals surface area contributed by atoms with E-state index in [-0.39, 0.29) is 6.04 Å². The molecule has 0 radical (unpaired) electrons. The lowest BCUT2D eigenvalue weighted by molar-refractivity contribution is 0.759. The summed E-state index contributed by atoms with van der Waals surface area (Å²) in [5.41, 5.74) is 7.82. The summed E-state index contributed by atoms with van der Waals surface area (Å²) in [5, 5.41) is 8.20. The summed E-state index contributed by atoms with van der Waals surface area (Å²) in [7, 11) is 1.88. The summed E-state index contributed by atoms with van der Waals surface area (Å²) in [5.74, 6) is 0. The minimum atomic E-state index is 0.0341. The molecule has 1 aromatic carbocycles. The van der Waals surface area contributed by atoms with Crippen molar-refractivity contribution in [2.24, 2.45) is 12.8 Å². The zero-order valence-electron chi connectivity index (χ0n) is 9.90. The molecule has 0 aliphatic carbocycles. The monoisotopic (exact) mass is 328 g/mol. The van der Waals surface area contributed by atoms with Crippen LogP contribution in [0, 0.1) is 0 Å². The lowest BCUT2D eigenvalue weighted by Crippen LogP contribution is -2.20. The SMILES string of the molecule is Cn1cc(C(CN)Nc2ccc(Cl)c(Br)c2)cn1. The highest BCUT2D eigenvalue weighted by molar-refractivity contribution is 9.10. The number of benzene rings is 1. The van der Waals surface area contributed by atoms with Crippen LogP contribution in [0.3, 0.4) is 0 Å². The topological polar surface area (TPSA) is 55.9 Å². The Kier molecular flexibility index (Phi) is 4.27. The molecule has 1 heterocycles. The van der Waals surface area contributed by atoms with Crippen LogP contribution >= 0.6 is 27.5 Å². The molecule has 0 bridgehead atoms. The molecule has 0 spiro atoms. The quantitative estimate of drug-likeness (QED) is 0.907. The molecule has 18 heavy (non-hydrogen) atoms. The van der Waals surface area contributed by atoms with Gasteiger partial charge in [-0.15, -0.1) is 0 Å². The van der Waals surface area contributed by atoms with Crippen molar-refractivity contribution in [3.63, 3.8) is 0 Å². The first kappa shape index (κ1) is 13.4. The average Bonchev–Trinajstić information content (AvgIpc) is 2.77. The lowest BCUT2D eigenvalue weighted by Gasteiger charge is -2.17. The first-order chi connectivity index (χ1) is 8.60. The van der Waals surface area contributed by atoms with Gasteiger partial charge in [0, 0.05) is 35.5 Å². The van der Waals surface area contributed by atoms with Gasteiger partial charge < -0.3 is 11.1 Å². The molecule has 2 rings (SSSR count). The molecule has 2 aromatic rings. The van der Waals surface area contributed by atoms with Gasteiger partial charge in [0.25, 0.3) is 0 Å². The van der Waals surface area contributed by atoms with Crippen molar-refractivity contribution in [2.75, 3.05) is 11.9 Å². The Morgan fingerprint density at radius 3 is 2.89 bits per heavy atom. The van der Waals surface area contributed by atoms with Gasteiger partial charge in [0.2, 0.25) is 0 Å². The third-order valence-electron chi connectivity index (χ3n) is 2.62. The van der Waals surface area contributed by atoms with E-state index in [0.717, 1.165) is 15.7 Å². The maximum absolute atomic E-state index is 5.96. The second kappa shape index (κ2) is 5.73. The van der Waals surface area contributed by atoms with E-state index >= 15 is 0 Å². The van der Waals surface area contributed by atoms with Crippen LogP contribution in [-0.4, -0.2) is 16.3 Å². The van der Waals surface area contributed by atoms with Crippen molar-refractivity contribution in [3.8, 4) is 0 Å². The molecule has 0 saturated heterocycles. The van der Waals surface area contributed by atoms with Gasteiger partial charge in [0.15, 0.2) is 0 Å². The summed E-state index contributed by atoms with van der Waals surface area (Å²) in [4.78, 5) is 0. The van der Waals surface area contributed by atoms with Crippen molar-refractivity contribution in [1.29, 1.82) is 0 Å². The fraction of sp³-hybridized carbons (Fsp3) is 0.250. The van der Waals surface area contributed by atoms with E-state index in [1.54, 1.807) is 4.68 Å². The third kappa shape index (κ3) is 3.04. The van der Waals surface area contributed by atoms with E-state index in [9.17, 15) is 0 Å². The van der Waals surface area contributed by atoms with Crippen LogP contribution < -0.4 is 11.1 Å². The lowest BCUT2D eigenvalue weighted by atomic mass is 10.1. The minimum absolute atomic E-state index is 0.0341. The Balaban J connectivity index is 2.17. The van der Waals surface area contributed by atoms with Crippen LogP contribution in [0.1, 0.15) is 11.6 Å². The Labute approximate surface area is 119 Å². The number of halogens is 2. The number of aryl methyl sites for hydroxylation is 1. The largest absolute Gasteiger partial charge is 0.377 e. The highest BCUT2D eigenvalue weighted by Gasteiger charge is 2.11. The Morgan fingerprint density at radius 2 is 2.33 bits per heavy atom. The summed E-state index contributed by atoms with van der Waals surface area (Å²) in [6.45, 7) is 0.492. The van der Waals surface area contributed by atoms with Crippen molar-refractivity contribution in [2.45, 2.75) is 6.04 Å². The van der Waals surface area contributed by atoms with Crippen molar-refractivity contribution >= 4 is 33.2 Å². The zero-order chi connectivity index (χ0) is 13.1. The molecular weight excluding hydrogens is 316 g/mol. The van der Waals surface area contributed by atoms with Crippen LogP contribution in [0.4, 0.5) is 5.69 Å². The predicted molar refractivity (Wildman–Crippen MR) is 77.8 cm³/mol. The molecule has 1 aromatic heterocycles. The molecule has 0 fully saturated rings. The van der Waals surface area contributed by atoms with Crippen LogP contribution in [0.2, 0.25) is 5.02 Å². The fourth-order valence-corrected chi connectivity index (χ4v) is 2.18. The number of nitrogens with zero attached hydrogens (tertiary/aromatic N) is 2. The molecule has 0 amide bonds. The summed E-state index contributed by atoms with van der Waals surface area (Å²) >= 11 is 9.36. The summed E-state index contributed by atoms with van der Waals surface area (Å²) < 4.78 is 2.62.